The van der Waals surface area contributed by atoms with Gasteiger partial charge in [0.15, 0.2) is 5.65 Å². The fraction of sp³-hybridized carbons (Fsp3) is 0.250. The van der Waals surface area contributed by atoms with Gasteiger partial charge in [0, 0.05) is 6.42 Å². The number of carboxylic acids is 1. The van der Waals surface area contributed by atoms with Crippen LogP contribution in [0.5, 0.6) is 0 Å². The van der Waals surface area contributed by atoms with E-state index in [0.717, 1.165) is 0 Å². The predicted molar refractivity (Wildman–Crippen MR) is 65.5 cm³/mol. The predicted octanol–water partition coefficient (Wildman–Crippen LogP) is 0.151. The standard InChI is InChI=1S/C8H9N5O2.2ClH/c9-4(8(14)15)1-5-6-7(12-2-10-5)13-3-11-6;;/h2-4H,1,9H2,(H,14,15)(H,10,11,12,13);2*1H. The first-order valence-corrected chi connectivity index (χ1v) is 4.30. The van der Waals surface area contributed by atoms with Gasteiger partial charge in [0.25, 0.3) is 0 Å². The molecule has 0 aliphatic rings. The van der Waals surface area contributed by atoms with E-state index < -0.39 is 12.0 Å². The summed E-state index contributed by atoms with van der Waals surface area (Å²) in [6, 6.07) is -0.972. The van der Waals surface area contributed by atoms with Crippen LogP contribution in [-0.4, -0.2) is 37.1 Å². The number of nitrogens with one attached hydrogen (secondary N) is 1. The second-order valence-electron chi connectivity index (χ2n) is 3.07. The lowest BCUT2D eigenvalue weighted by Crippen LogP contribution is -2.32. The number of hydrogen-bond donors (Lipinski definition) is 3. The van der Waals surface area contributed by atoms with Gasteiger partial charge in [-0.1, -0.05) is 0 Å². The number of aromatic amines is 1. The van der Waals surface area contributed by atoms with Crippen LogP contribution in [0.1, 0.15) is 5.69 Å². The first-order valence-electron chi connectivity index (χ1n) is 4.30. The fourth-order valence-electron chi connectivity index (χ4n) is 1.26. The van der Waals surface area contributed by atoms with Crippen molar-refractivity contribution in [2.24, 2.45) is 5.73 Å². The first kappa shape index (κ1) is 15.6. The lowest BCUT2D eigenvalue weighted by molar-refractivity contribution is -0.138. The van der Waals surface area contributed by atoms with E-state index in [1.54, 1.807) is 0 Å². The molecule has 1 unspecified atom stereocenters. The van der Waals surface area contributed by atoms with Gasteiger partial charge < -0.3 is 15.8 Å². The molecule has 2 aromatic rings. The monoisotopic (exact) mass is 279 g/mol. The van der Waals surface area contributed by atoms with Crippen molar-refractivity contribution in [2.45, 2.75) is 12.5 Å². The van der Waals surface area contributed by atoms with Crippen LogP contribution in [0.3, 0.4) is 0 Å². The van der Waals surface area contributed by atoms with Crippen LogP contribution in [-0.2, 0) is 11.2 Å². The number of nitrogens with zero attached hydrogens (tertiary/aromatic N) is 3. The third kappa shape index (κ3) is 3.26. The highest BCUT2D eigenvalue weighted by Crippen LogP contribution is 2.10. The van der Waals surface area contributed by atoms with Crippen molar-refractivity contribution >= 4 is 41.9 Å². The fourth-order valence-corrected chi connectivity index (χ4v) is 1.26. The number of hydrogen-bond acceptors (Lipinski definition) is 5. The molecule has 17 heavy (non-hydrogen) atoms. The van der Waals surface area contributed by atoms with E-state index in [2.05, 4.69) is 19.9 Å². The van der Waals surface area contributed by atoms with Gasteiger partial charge >= 0.3 is 5.97 Å². The van der Waals surface area contributed by atoms with Gasteiger partial charge in [0.05, 0.1) is 12.0 Å². The first-order chi connectivity index (χ1) is 7.18. The second-order valence-corrected chi connectivity index (χ2v) is 3.07. The van der Waals surface area contributed by atoms with E-state index in [0.29, 0.717) is 16.9 Å². The number of carbonyl (C=O) groups is 1. The summed E-state index contributed by atoms with van der Waals surface area (Å²) in [6.45, 7) is 0. The van der Waals surface area contributed by atoms with Gasteiger partial charge in [-0.25, -0.2) is 15.0 Å². The maximum Gasteiger partial charge on any atom is 0.320 e. The molecular weight excluding hydrogens is 269 g/mol. The summed E-state index contributed by atoms with van der Waals surface area (Å²) < 4.78 is 0. The molecular formula is C8H11Cl2N5O2. The minimum absolute atomic E-state index is 0. The molecule has 7 nitrogen and oxygen atoms in total. The van der Waals surface area contributed by atoms with Crippen LogP contribution < -0.4 is 5.73 Å². The smallest absolute Gasteiger partial charge is 0.320 e. The van der Waals surface area contributed by atoms with E-state index in [1.807, 2.05) is 0 Å². The molecule has 0 amide bonds. The van der Waals surface area contributed by atoms with E-state index in [9.17, 15) is 4.79 Å². The molecule has 0 aliphatic heterocycles. The van der Waals surface area contributed by atoms with Gasteiger partial charge in [-0.3, -0.25) is 4.79 Å². The topological polar surface area (TPSA) is 118 Å². The van der Waals surface area contributed by atoms with Crippen molar-refractivity contribution in [1.82, 2.24) is 19.9 Å². The molecule has 94 valence electrons. The summed E-state index contributed by atoms with van der Waals surface area (Å²) in [4.78, 5) is 25.3. The zero-order valence-corrected chi connectivity index (χ0v) is 10.2. The Kier molecular flexibility index (Phi) is 5.80. The second kappa shape index (κ2) is 6.33. The van der Waals surface area contributed by atoms with Crippen molar-refractivity contribution in [2.75, 3.05) is 0 Å². The maximum atomic E-state index is 10.6. The Morgan fingerprint density at radius 2 is 2.12 bits per heavy atom. The summed E-state index contributed by atoms with van der Waals surface area (Å²) in [5, 5.41) is 8.67. The Labute approximate surface area is 109 Å². The van der Waals surface area contributed by atoms with Crippen molar-refractivity contribution in [3.8, 4) is 0 Å². The maximum absolute atomic E-state index is 10.6. The lowest BCUT2D eigenvalue weighted by atomic mass is 10.1. The van der Waals surface area contributed by atoms with Crippen LogP contribution in [0.25, 0.3) is 11.2 Å². The van der Waals surface area contributed by atoms with Crippen LogP contribution >= 0.6 is 24.8 Å². The summed E-state index contributed by atoms with van der Waals surface area (Å²) in [6.07, 6.45) is 2.97. The number of carboxylic acid groups (broad SMARTS) is 1. The zero-order valence-electron chi connectivity index (χ0n) is 8.53. The molecule has 0 bridgehead atoms. The SMILES string of the molecule is Cl.Cl.NC(Cc1ncnc2[nH]cnc12)C(=O)O. The quantitative estimate of drug-likeness (QED) is 0.736. The normalized spacial score (nSPS) is 11.4. The number of imidazole rings is 1. The Balaban J connectivity index is 0.00000128. The summed E-state index contributed by atoms with van der Waals surface area (Å²) in [5.74, 6) is -1.06. The molecule has 0 aliphatic carbocycles. The molecule has 2 heterocycles. The number of halogens is 2. The third-order valence-corrected chi connectivity index (χ3v) is 2.02. The van der Waals surface area contributed by atoms with E-state index in [4.69, 9.17) is 10.8 Å². The highest BCUT2D eigenvalue weighted by atomic mass is 35.5. The third-order valence-electron chi connectivity index (χ3n) is 2.02. The Hall–Kier alpha value is -1.44. The van der Waals surface area contributed by atoms with Crippen LogP contribution in [0.15, 0.2) is 12.7 Å². The molecule has 2 rings (SSSR count). The minimum atomic E-state index is -1.06. The zero-order chi connectivity index (χ0) is 10.8. The van der Waals surface area contributed by atoms with Crippen molar-refractivity contribution in [3.63, 3.8) is 0 Å². The van der Waals surface area contributed by atoms with E-state index in [-0.39, 0.29) is 31.2 Å². The average molecular weight is 280 g/mol. The summed E-state index contributed by atoms with van der Waals surface area (Å²) >= 11 is 0. The Morgan fingerprint density at radius 3 is 2.76 bits per heavy atom. The molecule has 4 N–H and O–H groups in total. The average Bonchev–Trinajstić information content (AvgIpc) is 2.66. The van der Waals surface area contributed by atoms with Gasteiger partial charge in [-0.15, -0.1) is 24.8 Å². The molecule has 9 heteroatoms. The lowest BCUT2D eigenvalue weighted by Gasteiger charge is -2.04. The van der Waals surface area contributed by atoms with Crippen molar-refractivity contribution in [3.05, 3.63) is 18.3 Å². The highest BCUT2D eigenvalue weighted by Gasteiger charge is 2.15. The van der Waals surface area contributed by atoms with Crippen LogP contribution in [0, 0.1) is 0 Å². The highest BCUT2D eigenvalue weighted by molar-refractivity contribution is 5.85. The van der Waals surface area contributed by atoms with Gasteiger partial charge in [0.2, 0.25) is 0 Å². The molecule has 0 fully saturated rings. The largest absolute Gasteiger partial charge is 0.480 e. The Bertz CT molecular complexity index is 503. The van der Waals surface area contributed by atoms with Crippen molar-refractivity contribution < 1.29 is 9.90 Å². The summed E-state index contributed by atoms with van der Waals surface area (Å²) in [7, 11) is 0. The molecule has 2 aromatic heterocycles. The van der Waals surface area contributed by atoms with Gasteiger partial charge in [-0.2, -0.15) is 0 Å². The number of aliphatic carboxylic acids is 1. The molecule has 0 aromatic carbocycles. The molecule has 0 radical (unpaired) electrons. The number of aromatic nitrogens is 4. The minimum Gasteiger partial charge on any atom is -0.480 e. The molecule has 1 atom stereocenters. The number of fused-ring (bicyclic) bond motifs is 1. The molecule has 0 saturated carbocycles. The van der Waals surface area contributed by atoms with E-state index in [1.165, 1.54) is 12.7 Å². The van der Waals surface area contributed by atoms with Crippen molar-refractivity contribution in [1.29, 1.82) is 0 Å². The summed E-state index contributed by atoms with van der Waals surface area (Å²) in [5.41, 5.74) is 7.09. The van der Waals surface area contributed by atoms with Gasteiger partial charge in [-0.05, 0) is 0 Å². The molecule has 0 spiro atoms. The van der Waals surface area contributed by atoms with Gasteiger partial charge in [0.1, 0.15) is 17.9 Å². The van der Waals surface area contributed by atoms with Crippen LogP contribution in [0.4, 0.5) is 0 Å². The van der Waals surface area contributed by atoms with Crippen LogP contribution in [0.2, 0.25) is 0 Å². The number of nitrogens with two attached hydrogens (primary N) is 1. The van der Waals surface area contributed by atoms with E-state index >= 15 is 0 Å². The molecule has 0 saturated heterocycles. The number of rotatable bonds is 3. The number of H-pyrrole nitrogens is 1. The Morgan fingerprint density at radius 1 is 1.41 bits per heavy atom.